The third-order valence-corrected chi connectivity index (χ3v) is 6.93. The van der Waals surface area contributed by atoms with Gasteiger partial charge in [-0.15, -0.1) is 0 Å². The lowest BCUT2D eigenvalue weighted by Crippen LogP contribution is -2.09. The third kappa shape index (κ3) is 4.78. The molecule has 0 amide bonds. The predicted octanol–water partition coefficient (Wildman–Crippen LogP) is 5.85. The van der Waals surface area contributed by atoms with Crippen molar-refractivity contribution in [3.8, 4) is 0 Å². The molecule has 0 spiro atoms. The molecule has 0 N–H and O–H groups in total. The van der Waals surface area contributed by atoms with E-state index in [4.69, 9.17) is 25.4 Å². The molecule has 25 heavy (non-hydrogen) atoms. The second kappa shape index (κ2) is 8.57. The largest absolute Gasteiger partial charge is 0.327 e. The molecule has 3 rings (SSSR count). The molecule has 0 aliphatic heterocycles. The number of hydrogen-bond acceptors (Lipinski definition) is 4. The van der Waals surface area contributed by atoms with Crippen molar-refractivity contribution in [3.63, 3.8) is 0 Å². The highest BCUT2D eigenvalue weighted by Crippen LogP contribution is 2.62. The van der Waals surface area contributed by atoms with Crippen LogP contribution in [0.5, 0.6) is 0 Å². The molecule has 0 radical (unpaired) electrons. The molecular weight excluding hydrogens is 351 g/mol. The van der Waals surface area contributed by atoms with Crippen LogP contribution < -0.4 is 0 Å². The van der Waals surface area contributed by atoms with Crippen molar-refractivity contribution >= 4 is 18.5 Å². The molecule has 1 saturated carbocycles. The van der Waals surface area contributed by atoms with Gasteiger partial charge in [-0.05, 0) is 55.0 Å². The molecule has 0 saturated heterocycles. The summed E-state index contributed by atoms with van der Waals surface area (Å²) < 4.78 is 17.8. The monoisotopic (exact) mass is 376 g/mol. The Balaban J connectivity index is 1.83. The van der Waals surface area contributed by atoms with Gasteiger partial charge in [0.1, 0.15) is 0 Å². The fourth-order valence-electron chi connectivity index (χ4n) is 3.22. The maximum Gasteiger partial charge on any atom is 0.327 e. The molecule has 2 aromatic rings. The van der Waals surface area contributed by atoms with Crippen molar-refractivity contribution in [3.05, 3.63) is 71.8 Å². The molecular formula is C20H25O3PS. The highest BCUT2D eigenvalue weighted by atomic mass is 32.5. The summed E-state index contributed by atoms with van der Waals surface area (Å²) in [5, 5.41) is 0. The van der Waals surface area contributed by atoms with Crippen LogP contribution in [0.3, 0.4) is 0 Å². The standard InChI is InChI=1S/C20H25O3PS/c1-3-21-24(25,22-4-2)23-20(17-13-9-6-10-14-17)19-15-18(19)16-11-7-5-8-12-16/h5-14,18-20H,3-4,15H2,1-2H3/t18-,19+,20?/m1/s1. The minimum atomic E-state index is -2.74. The highest BCUT2D eigenvalue weighted by molar-refractivity contribution is 8.07. The molecule has 0 bridgehead atoms. The van der Waals surface area contributed by atoms with E-state index in [9.17, 15) is 0 Å². The fourth-order valence-corrected chi connectivity index (χ4v) is 5.51. The first-order chi connectivity index (χ1) is 12.2. The Morgan fingerprint density at radius 2 is 1.52 bits per heavy atom. The smallest absolute Gasteiger partial charge is 0.309 e. The average Bonchev–Trinajstić information content (AvgIpc) is 3.42. The second-order valence-electron chi connectivity index (χ2n) is 6.14. The van der Waals surface area contributed by atoms with Gasteiger partial charge in [0, 0.05) is 0 Å². The summed E-state index contributed by atoms with van der Waals surface area (Å²) >= 11 is 5.62. The van der Waals surface area contributed by atoms with Gasteiger partial charge in [-0.25, -0.2) is 0 Å². The summed E-state index contributed by atoms with van der Waals surface area (Å²) in [7, 11) is 0. The molecule has 1 unspecified atom stereocenters. The molecule has 0 heterocycles. The van der Waals surface area contributed by atoms with Crippen molar-refractivity contribution in [2.75, 3.05) is 13.2 Å². The first kappa shape index (κ1) is 18.8. The number of rotatable bonds is 9. The van der Waals surface area contributed by atoms with Gasteiger partial charge in [0.2, 0.25) is 0 Å². The van der Waals surface area contributed by atoms with Gasteiger partial charge in [0.15, 0.2) is 0 Å². The summed E-state index contributed by atoms with van der Waals surface area (Å²) in [5.74, 6) is 0.895. The van der Waals surface area contributed by atoms with Gasteiger partial charge in [-0.3, -0.25) is 0 Å². The Kier molecular flexibility index (Phi) is 6.43. The van der Waals surface area contributed by atoms with Gasteiger partial charge in [-0.1, -0.05) is 60.7 Å². The summed E-state index contributed by atoms with van der Waals surface area (Å²) in [5.41, 5.74) is 2.50. The quantitative estimate of drug-likeness (QED) is 0.514. The van der Waals surface area contributed by atoms with Crippen molar-refractivity contribution in [2.45, 2.75) is 32.3 Å². The van der Waals surface area contributed by atoms with Crippen molar-refractivity contribution in [1.82, 2.24) is 0 Å². The predicted molar refractivity (Wildman–Crippen MR) is 105 cm³/mol. The Bertz CT molecular complexity index is 697. The van der Waals surface area contributed by atoms with Gasteiger partial charge < -0.3 is 13.6 Å². The molecule has 1 fully saturated rings. The lowest BCUT2D eigenvalue weighted by Gasteiger charge is -2.27. The van der Waals surface area contributed by atoms with Gasteiger partial charge in [0.25, 0.3) is 0 Å². The van der Waals surface area contributed by atoms with Crippen LogP contribution in [0.4, 0.5) is 0 Å². The van der Waals surface area contributed by atoms with Crippen LogP contribution in [0.25, 0.3) is 0 Å². The lowest BCUT2D eigenvalue weighted by atomic mass is 10.0. The lowest BCUT2D eigenvalue weighted by molar-refractivity contribution is 0.107. The van der Waals surface area contributed by atoms with Crippen LogP contribution in [-0.2, 0) is 25.4 Å². The maximum absolute atomic E-state index is 6.36. The van der Waals surface area contributed by atoms with Gasteiger partial charge in [-0.2, -0.15) is 0 Å². The van der Waals surface area contributed by atoms with Crippen molar-refractivity contribution < 1.29 is 13.6 Å². The van der Waals surface area contributed by atoms with E-state index in [1.165, 1.54) is 5.56 Å². The van der Waals surface area contributed by atoms with E-state index in [-0.39, 0.29) is 6.10 Å². The van der Waals surface area contributed by atoms with E-state index in [2.05, 4.69) is 42.5 Å². The molecule has 1 aliphatic carbocycles. The Morgan fingerprint density at radius 3 is 2.08 bits per heavy atom. The number of benzene rings is 2. The Hall–Kier alpha value is -1.03. The topological polar surface area (TPSA) is 27.7 Å². The molecule has 134 valence electrons. The van der Waals surface area contributed by atoms with Crippen LogP contribution >= 0.6 is 6.72 Å². The van der Waals surface area contributed by atoms with Gasteiger partial charge >= 0.3 is 6.72 Å². The Labute approximate surface area is 155 Å². The summed E-state index contributed by atoms with van der Waals surface area (Å²) in [4.78, 5) is 0. The van der Waals surface area contributed by atoms with E-state index in [1.54, 1.807) is 0 Å². The van der Waals surface area contributed by atoms with E-state index in [0.29, 0.717) is 25.0 Å². The third-order valence-electron chi connectivity index (χ3n) is 4.40. The molecule has 0 aromatic heterocycles. The van der Waals surface area contributed by atoms with Crippen LogP contribution in [0, 0.1) is 5.92 Å². The maximum atomic E-state index is 6.36. The van der Waals surface area contributed by atoms with E-state index in [0.717, 1.165) is 12.0 Å². The Morgan fingerprint density at radius 1 is 0.960 bits per heavy atom. The summed E-state index contributed by atoms with van der Waals surface area (Å²) in [6, 6.07) is 20.9. The molecule has 2 aromatic carbocycles. The zero-order chi connectivity index (χ0) is 17.7. The minimum Gasteiger partial charge on any atom is -0.309 e. The van der Waals surface area contributed by atoms with E-state index in [1.807, 2.05) is 32.0 Å². The van der Waals surface area contributed by atoms with Crippen LogP contribution in [-0.4, -0.2) is 13.2 Å². The summed E-state index contributed by atoms with van der Waals surface area (Å²) in [6.45, 7) is 2.09. The highest BCUT2D eigenvalue weighted by Gasteiger charge is 2.47. The zero-order valence-electron chi connectivity index (χ0n) is 14.7. The normalized spacial score (nSPS) is 21.0. The van der Waals surface area contributed by atoms with Crippen molar-refractivity contribution in [1.29, 1.82) is 0 Å². The van der Waals surface area contributed by atoms with Crippen LogP contribution in [0.2, 0.25) is 0 Å². The zero-order valence-corrected chi connectivity index (χ0v) is 16.4. The molecule has 3 nitrogen and oxygen atoms in total. The van der Waals surface area contributed by atoms with Crippen LogP contribution in [0.1, 0.15) is 43.4 Å². The second-order valence-corrected chi connectivity index (χ2v) is 9.10. The molecule has 1 aliphatic rings. The summed E-state index contributed by atoms with van der Waals surface area (Å²) in [6.07, 6.45) is 0.993. The SMILES string of the molecule is CCOP(=S)(OCC)OC(c1ccccc1)[C@H]1C[C@@H]1c1ccccc1. The average molecular weight is 376 g/mol. The first-order valence-corrected chi connectivity index (χ1v) is 11.4. The number of hydrogen-bond donors (Lipinski definition) is 0. The van der Waals surface area contributed by atoms with Crippen LogP contribution in [0.15, 0.2) is 60.7 Å². The van der Waals surface area contributed by atoms with E-state index >= 15 is 0 Å². The van der Waals surface area contributed by atoms with Crippen molar-refractivity contribution in [2.24, 2.45) is 5.92 Å². The molecule has 5 heteroatoms. The minimum absolute atomic E-state index is 0.102. The van der Waals surface area contributed by atoms with E-state index < -0.39 is 6.72 Å². The van der Waals surface area contributed by atoms with Gasteiger partial charge in [0.05, 0.1) is 19.3 Å². The fraction of sp³-hybridized carbons (Fsp3) is 0.400. The molecule has 3 atom stereocenters. The first-order valence-electron chi connectivity index (χ1n) is 8.84.